The van der Waals surface area contributed by atoms with Crippen LogP contribution in [0.5, 0.6) is 0 Å². The van der Waals surface area contributed by atoms with E-state index in [1.807, 2.05) is 10.8 Å². The fraction of sp³-hybridized carbons (Fsp3) is 0.636. The zero-order valence-electron chi connectivity index (χ0n) is 10.2. The van der Waals surface area contributed by atoms with Crippen molar-refractivity contribution in [2.45, 2.75) is 31.8 Å². The van der Waals surface area contributed by atoms with Crippen molar-refractivity contribution in [1.82, 2.24) is 20.2 Å². The summed E-state index contributed by atoms with van der Waals surface area (Å²) in [5, 5.41) is 6.17. The van der Waals surface area contributed by atoms with Crippen LogP contribution in [0.2, 0.25) is 0 Å². The second-order valence-electron chi connectivity index (χ2n) is 4.09. The Bertz CT molecular complexity index is 326. The number of imidazole rings is 1. The first kappa shape index (κ1) is 17.2. The molecule has 0 aromatic carbocycles. The second kappa shape index (κ2) is 9.19. The number of amides is 1. The Labute approximate surface area is 120 Å². The van der Waals surface area contributed by atoms with Crippen molar-refractivity contribution in [3.05, 3.63) is 18.7 Å². The van der Waals surface area contributed by atoms with E-state index in [2.05, 4.69) is 15.6 Å². The van der Waals surface area contributed by atoms with Gasteiger partial charge in [0, 0.05) is 25.5 Å². The molecule has 0 radical (unpaired) electrons. The van der Waals surface area contributed by atoms with E-state index in [1.54, 1.807) is 12.5 Å². The highest BCUT2D eigenvalue weighted by molar-refractivity contribution is 5.85. The minimum Gasteiger partial charge on any atom is -0.353 e. The molecule has 2 heterocycles. The molecule has 1 aliphatic rings. The summed E-state index contributed by atoms with van der Waals surface area (Å²) in [5.41, 5.74) is 0. The molecule has 2 rings (SSSR count). The van der Waals surface area contributed by atoms with Crippen LogP contribution in [0.3, 0.4) is 0 Å². The lowest BCUT2D eigenvalue weighted by Gasteiger charge is -2.22. The van der Waals surface area contributed by atoms with Crippen molar-refractivity contribution in [2.75, 3.05) is 13.1 Å². The molecular formula is C11H20Cl2N4O. The molecule has 1 amide bonds. The van der Waals surface area contributed by atoms with Crippen LogP contribution in [0.25, 0.3) is 0 Å². The highest BCUT2D eigenvalue weighted by Crippen LogP contribution is 2.06. The number of aromatic nitrogens is 2. The molecule has 2 N–H and O–H groups in total. The van der Waals surface area contributed by atoms with Crippen molar-refractivity contribution in [2.24, 2.45) is 0 Å². The highest BCUT2D eigenvalue weighted by atomic mass is 35.5. The maximum atomic E-state index is 11.7. The fourth-order valence-electron chi connectivity index (χ4n) is 1.93. The molecule has 5 nitrogen and oxygen atoms in total. The quantitative estimate of drug-likeness (QED) is 0.871. The molecule has 1 aliphatic heterocycles. The van der Waals surface area contributed by atoms with Gasteiger partial charge in [0.2, 0.25) is 5.91 Å². The van der Waals surface area contributed by atoms with Crippen molar-refractivity contribution in [3.63, 3.8) is 0 Å². The van der Waals surface area contributed by atoms with Gasteiger partial charge in [0.25, 0.3) is 0 Å². The molecule has 0 unspecified atom stereocenters. The maximum absolute atomic E-state index is 11.7. The SMILES string of the molecule is Cl.Cl.O=C(NCCn1ccnc1)[C@H]1CCCCN1. The van der Waals surface area contributed by atoms with E-state index in [4.69, 9.17) is 0 Å². The van der Waals surface area contributed by atoms with E-state index in [9.17, 15) is 4.79 Å². The summed E-state index contributed by atoms with van der Waals surface area (Å²) in [6.45, 7) is 2.39. The van der Waals surface area contributed by atoms with Gasteiger partial charge in [-0.2, -0.15) is 0 Å². The van der Waals surface area contributed by atoms with Crippen LogP contribution >= 0.6 is 24.8 Å². The van der Waals surface area contributed by atoms with Gasteiger partial charge in [-0.3, -0.25) is 4.79 Å². The standard InChI is InChI=1S/C11H18N4O.2ClH/c16-11(10-3-1-2-4-13-10)14-6-8-15-7-5-12-9-15;;/h5,7,9-10,13H,1-4,6,8H2,(H,14,16);2*1H/t10-;;/m1../s1. The third-order valence-electron chi connectivity index (χ3n) is 2.86. The number of nitrogens with one attached hydrogen (secondary N) is 2. The number of nitrogens with zero attached hydrogens (tertiary/aromatic N) is 2. The number of hydrogen-bond donors (Lipinski definition) is 2. The van der Waals surface area contributed by atoms with Crippen LogP contribution in [0.4, 0.5) is 0 Å². The van der Waals surface area contributed by atoms with Gasteiger partial charge in [-0.05, 0) is 19.4 Å². The molecule has 0 spiro atoms. The van der Waals surface area contributed by atoms with Gasteiger partial charge in [0.15, 0.2) is 0 Å². The van der Waals surface area contributed by atoms with Crippen molar-refractivity contribution >= 4 is 30.7 Å². The lowest BCUT2D eigenvalue weighted by Crippen LogP contribution is -2.47. The number of piperidine rings is 1. The first-order valence-electron chi connectivity index (χ1n) is 5.83. The molecular weight excluding hydrogens is 275 g/mol. The number of halogens is 2. The molecule has 104 valence electrons. The van der Waals surface area contributed by atoms with Crippen LogP contribution in [0.15, 0.2) is 18.7 Å². The third kappa shape index (κ3) is 5.25. The predicted octanol–water partition coefficient (Wildman–Crippen LogP) is 0.985. The highest BCUT2D eigenvalue weighted by Gasteiger charge is 2.19. The second-order valence-corrected chi connectivity index (χ2v) is 4.09. The van der Waals surface area contributed by atoms with Crippen LogP contribution < -0.4 is 10.6 Å². The van der Waals surface area contributed by atoms with Crippen LogP contribution in [-0.2, 0) is 11.3 Å². The van der Waals surface area contributed by atoms with E-state index in [0.717, 1.165) is 25.9 Å². The monoisotopic (exact) mass is 294 g/mol. The summed E-state index contributed by atoms with van der Waals surface area (Å²) in [6, 6.07) is 0.0107. The number of rotatable bonds is 4. The van der Waals surface area contributed by atoms with Crippen molar-refractivity contribution < 1.29 is 4.79 Å². The normalized spacial score (nSPS) is 18.3. The third-order valence-corrected chi connectivity index (χ3v) is 2.86. The van der Waals surface area contributed by atoms with Crippen LogP contribution in [0.1, 0.15) is 19.3 Å². The average Bonchev–Trinajstić information content (AvgIpc) is 2.83. The van der Waals surface area contributed by atoms with Gasteiger partial charge in [0.05, 0.1) is 12.4 Å². The molecule has 1 atom stereocenters. The number of hydrogen-bond acceptors (Lipinski definition) is 3. The fourth-order valence-corrected chi connectivity index (χ4v) is 1.93. The smallest absolute Gasteiger partial charge is 0.237 e. The molecule has 1 aromatic rings. The molecule has 0 aliphatic carbocycles. The van der Waals surface area contributed by atoms with Gasteiger partial charge in [-0.1, -0.05) is 6.42 Å². The first-order chi connectivity index (χ1) is 7.86. The molecule has 1 aromatic heterocycles. The van der Waals surface area contributed by atoms with Crippen molar-refractivity contribution in [1.29, 1.82) is 0 Å². The summed E-state index contributed by atoms with van der Waals surface area (Å²) < 4.78 is 1.95. The van der Waals surface area contributed by atoms with E-state index in [0.29, 0.717) is 6.54 Å². The summed E-state index contributed by atoms with van der Waals surface area (Å²) >= 11 is 0. The molecule has 0 saturated carbocycles. The predicted molar refractivity (Wildman–Crippen MR) is 75.4 cm³/mol. The lowest BCUT2D eigenvalue weighted by molar-refractivity contribution is -0.123. The van der Waals surface area contributed by atoms with Crippen LogP contribution in [-0.4, -0.2) is 34.6 Å². The molecule has 0 bridgehead atoms. The minimum atomic E-state index is 0. The lowest BCUT2D eigenvalue weighted by atomic mass is 10.0. The summed E-state index contributed by atoms with van der Waals surface area (Å²) in [6.07, 6.45) is 8.67. The zero-order chi connectivity index (χ0) is 11.2. The Kier molecular flexibility index (Phi) is 8.79. The molecule has 18 heavy (non-hydrogen) atoms. The Morgan fingerprint density at radius 3 is 2.89 bits per heavy atom. The molecule has 7 heteroatoms. The van der Waals surface area contributed by atoms with Gasteiger partial charge in [0.1, 0.15) is 0 Å². The van der Waals surface area contributed by atoms with Crippen LogP contribution in [0, 0.1) is 0 Å². The number of carbonyl (C=O) groups excluding carboxylic acids is 1. The average molecular weight is 295 g/mol. The van der Waals surface area contributed by atoms with Gasteiger partial charge >= 0.3 is 0 Å². The van der Waals surface area contributed by atoms with E-state index in [1.165, 1.54) is 6.42 Å². The Morgan fingerprint density at radius 1 is 1.44 bits per heavy atom. The van der Waals surface area contributed by atoms with E-state index in [-0.39, 0.29) is 36.8 Å². The Hall–Kier alpha value is -0.780. The minimum absolute atomic E-state index is 0. The largest absolute Gasteiger partial charge is 0.353 e. The summed E-state index contributed by atoms with van der Waals surface area (Å²) in [4.78, 5) is 15.7. The van der Waals surface area contributed by atoms with E-state index < -0.39 is 0 Å². The van der Waals surface area contributed by atoms with E-state index >= 15 is 0 Å². The topological polar surface area (TPSA) is 59.0 Å². The first-order valence-corrected chi connectivity index (χ1v) is 5.83. The number of carbonyl (C=O) groups is 1. The summed E-state index contributed by atoms with van der Waals surface area (Å²) in [5.74, 6) is 0.125. The Balaban J connectivity index is 0.00000144. The zero-order valence-corrected chi connectivity index (χ0v) is 11.8. The van der Waals surface area contributed by atoms with Gasteiger partial charge in [-0.25, -0.2) is 4.98 Å². The Morgan fingerprint density at radius 2 is 2.28 bits per heavy atom. The van der Waals surface area contributed by atoms with Gasteiger partial charge in [-0.15, -0.1) is 24.8 Å². The molecule has 1 fully saturated rings. The van der Waals surface area contributed by atoms with Gasteiger partial charge < -0.3 is 15.2 Å². The maximum Gasteiger partial charge on any atom is 0.237 e. The summed E-state index contributed by atoms with van der Waals surface area (Å²) in [7, 11) is 0. The molecule has 1 saturated heterocycles. The van der Waals surface area contributed by atoms with Crippen molar-refractivity contribution in [3.8, 4) is 0 Å².